The summed E-state index contributed by atoms with van der Waals surface area (Å²) in [5.74, 6) is 1.40. The normalized spacial score (nSPS) is 10.7. The summed E-state index contributed by atoms with van der Waals surface area (Å²) in [6, 6.07) is 1.92. The lowest BCUT2D eigenvalue weighted by atomic mass is 10.3. The molecule has 0 aliphatic rings. The van der Waals surface area contributed by atoms with Crippen molar-refractivity contribution in [3.8, 4) is 17.5 Å². The van der Waals surface area contributed by atoms with Crippen LogP contribution in [0.4, 0.5) is 0 Å². The zero-order valence-electron chi connectivity index (χ0n) is 9.36. The minimum absolute atomic E-state index is 0.0859. The Kier molecular flexibility index (Phi) is 2.77. The number of aryl methyl sites for hydroxylation is 1. The number of aromatic nitrogens is 4. The van der Waals surface area contributed by atoms with Crippen LogP contribution in [0.5, 0.6) is 6.08 Å². The van der Waals surface area contributed by atoms with E-state index in [1.165, 1.54) is 0 Å². The van der Waals surface area contributed by atoms with Gasteiger partial charge in [-0.15, -0.1) is 0 Å². The predicted octanol–water partition coefficient (Wildman–Crippen LogP) is 2.07. The van der Waals surface area contributed by atoms with Crippen LogP contribution in [0.2, 0.25) is 0 Å². The quantitative estimate of drug-likeness (QED) is 0.712. The van der Waals surface area contributed by atoms with E-state index in [4.69, 9.17) is 13.8 Å². The maximum absolute atomic E-state index is 5.21. The molecule has 0 fully saturated rings. The molecule has 18 heavy (non-hydrogen) atoms. The Hall–Kier alpha value is -2.22. The van der Waals surface area contributed by atoms with Gasteiger partial charge in [-0.05, 0) is 18.4 Å². The molecular weight excluding hydrogens is 256 g/mol. The summed E-state index contributed by atoms with van der Waals surface area (Å²) in [6.45, 7) is 1.80. The molecule has 0 N–H and O–H groups in total. The minimum Gasteiger partial charge on any atom is -0.439 e. The highest BCUT2D eigenvalue weighted by molar-refractivity contribution is 7.08. The van der Waals surface area contributed by atoms with E-state index in [0.717, 1.165) is 5.56 Å². The first kappa shape index (κ1) is 10.9. The molecule has 0 atom stereocenters. The fraction of sp³-hybridized carbons (Fsp3) is 0.200. The second-order valence-corrected chi connectivity index (χ2v) is 4.20. The lowest BCUT2D eigenvalue weighted by molar-refractivity contribution is 0.169. The Morgan fingerprint density at radius 3 is 2.94 bits per heavy atom. The topological polar surface area (TPSA) is 87.1 Å². The van der Waals surface area contributed by atoms with Crippen LogP contribution in [-0.2, 0) is 6.61 Å². The molecule has 0 amide bonds. The summed E-state index contributed by atoms with van der Waals surface area (Å²) in [5.41, 5.74) is 0.920. The van der Waals surface area contributed by atoms with Gasteiger partial charge in [0.2, 0.25) is 5.82 Å². The first-order valence-corrected chi connectivity index (χ1v) is 6.04. The number of ether oxygens (including phenoxy) is 1. The van der Waals surface area contributed by atoms with Crippen LogP contribution in [0.25, 0.3) is 11.4 Å². The van der Waals surface area contributed by atoms with Crippen molar-refractivity contribution >= 4 is 11.3 Å². The Morgan fingerprint density at radius 2 is 2.22 bits per heavy atom. The fourth-order valence-corrected chi connectivity index (χ4v) is 1.92. The predicted molar refractivity (Wildman–Crippen MR) is 61.0 cm³/mol. The molecule has 3 heterocycles. The van der Waals surface area contributed by atoms with Crippen molar-refractivity contribution in [3.05, 3.63) is 28.5 Å². The SMILES string of the molecule is Cc1noc(OCc2nc(-c3ccsc3)no2)n1. The largest absolute Gasteiger partial charge is 0.439 e. The molecule has 7 nitrogen and oxygen atoms in total. The molecule has 8 heteroatoms. The van der Waals surface area contributed by atoms with E-state index in [0.29, 0.717) is 17.5 Å². The van der Waals surface area contributed by atoms with E-state index in [2.05, 4.69) is 20.3 Å². The number of thiophene rings is 1. The summed E-state index contributed by atoms with van der Waals surface area (Å²) >= 11 is 1.57. The number of hydrogen-bond acceptors (Lipinski definition) is 8. The van der Waals surface area contributed by atoms with E-state index in [1.807, 2.05) is 16.8 Å². The van der Waals surface area contributed by atoms with E-state index < -0.39 is 0 Å². The number of rotatable bonds is 4. The summed E-state index contributed by atoms with van der Waals surface area (Å²) in [7, 11) is 0. The lowest BCUT2D eigenvalue weighted by Crippen LogP contribution is -1.95. The highest BCUT2D eigenvalue weighted by Gasteiger charge is 2.11. The monoisotopic (exact) mass is 264 g/mol. The maximum atomic E-state index is 5.21. The first-order chi connectivity index (χ1) is 8.81. The Morgan fingerprint density at radius 1 is 1.28 bits per heavy atom. The van der Waals surface area contributed by atoms with Gasteiger partial charge in [0, 0.05) is 10.9 Å². The molecule has 0 aliphatic heterocycles. The molecule has 0 aliphatic carbocycles. The molecule has 92 valence electrons. The van der Waals surface area contributed by atoms with Gasteiger partial charge in [-0.1, -0.05) is 10.3 Å². The summed E-state index contributed by atoms with van der Waals surface area (Å²) in [6.07, 6.45) is 0.0859. The smallest absolute Gasteiger partial charge is 0.417 e. The molecule has 0 saturated heterocycles. The summed E-state index contributed by atoms with van der Waals surface area (Å²) < 4.78 is 15.0. The van der Waals surface area contributed by atoms with Gasteiger partial charge in [0.05, 0.1) is 0 Å². The third kappa shape index (κ3) is 2.23. The second kappa shape index (κ2) is 4.57. The highest BCUT2D eigenvalue weighted by Crippen LogP contribution is 2.19. The van der Waals surface area contributed by atoms with Crippen LogP contribution < -0.4 is 4.74 Å². The van der Waals surface area contributed by atoms with Crippen molar-refractivity contribution in [2.75, 3.05) is 0 Å². The first-order valence-electron chi connectivity index (χ1n) is 5.09. The third-order valence-electron chi connectivity index (χ3n) is 2.08. The zero-order chi connectivity index (χ0) is 12.4. The van der Waals surface area contributed by atoms with Crippen LogP contribution in [0.1, 0.15) is 11.7 Å². The summed E-state index contributed by atoms with van der Waals surface area (Å²) in [5, 5.41) is 11.3. The van der Waals surface area contributed by atoms with Gasteiger partial charge in [0.1, 0.15) is 0 Å². The number of nitrogens with zero attached hydrogens (tertiary/aromatic N) is 4. The van der Waals surface area contributed by atoms with Crippen molar-refractivity contribution in [2.45, 2.75) is 13.5 Å². The van der Waals surface area contributed by atoms with E-state index >= 15 is 0 Å². The van der Waals surface area contributed by atoms with Gasteiger partial charge >= 0.3 is 6.08 Å². The zero-order valence-corrected chi connectivity index (χ0v) is 10.2. The van der Waals surface area contributed by atoms with Crippen LogP contribution in [0, 0.1) is 6.92 Å². The van der Waals surface area contributed by atoms with E-state index in [1.54, 1.807) is 18.3 Å². The third-order valence-corrected chi connectivity index (χ3v) is 2.76. The molecule has 0 unspecified atom stereocenters. The average Bonchev–Trinajstić information content (AvgIpc) is 3.07. The van der Waals surface area contributed by atoms with Crippen molar-refractivity contribution in [1.82, 2.24) is 20.3 Å². The maximum Gasteiger partial charge on any atom is 0.417 e. The van der Waals surface area contributed by atoms with Crippen molar-refractivity contribution in [3.63, 3.8) is 0 Å². The molecule has 0 radical (unpaired) electrons. The van der Waals surface area contributed by atoms with Crippen molar-refractivity contribution in [1.29, 1.82) is 0 Å². The lowest BCUT2D eigenvalue weighted by Gasteiger charge is -1.93. The van der Waals surface area contributed by atoms with Crippen LogP contribution >= 0.6 is 11.3 Å². The highest BCUT2D eigenvalue weighted by atomic mass is 32.1. The molecule has 0 spiro atoms. The van der Waals surface area contributed by atoms with Gasteiger partial charge in [-0.2, -0.15) is 21.3 Å². The molecule has 0 bridgehead atoms. The van der Waals surface area contributed by atoms with Gasteiger partial charge in [0.25, 0.3) is 5.89 Å². The van der Waals surface area contributed by atoms with Crippen molar-refractivity contribution in [2.24, 2.45) is 0 Å². The molecule has 3 aromatic heterocycles. The van der Waals surface area contributed by atoms with Crippen molar-refractivity contribution < 1.29 is 13.8 Å². The van der Waals surface area contributed by atoms with Crippen LogP contribution in [0.15, 0.2) is 25.9 Å². The molecule has 3 aromatic rings. The molecular formula is C10H8N4O3S. The van der Waals surface area contributed by atoms with E-state index in [-0.39, 0.29) is 12.7 Å². The van der Waals surface area contributed by atoms with Gasteiger partial charge in [0.15, 0.2) is 12.4 Å². The Labute approximate surface area is 105 Å². The Balaban J connectivity index is 1.67. The number of hydrogen-bond donors (Lipinski definition) is 0. The summed E-state index contributed by atoms with van der Waals surface area (Å²) in [4.78, 5) is 8.08. The van der Waals surface area contributed by atoms with Gasteiger partial charge < -0.3 is 9.26 Å². The Bertz CT molecular complexity index is 631. The minimum atomic E-state index is 0.0859. The van der Waals surface area contributed by atoms with Gasteiger partial charge in [-0.25, -0.2) is 0 Å². The second-order valence-electron chi connectivity index (χ2n) is 3.42. The fourth-order valence-electron chi connectivity index (χ4n) is 1.28. The standard InChI is InChI=1S/C10H8N4O3S/c1-6-11-10(17-13-6)15-4-8-12-9(14-16-8)7-2-3-18-5-7/h2-3,5H,4H2,1H3. The molecule has 3 rings (SSSR count). The van der Waals surface area contributed by atoms with Crippen LogP contribution in [-0.4, -0.2) is 20.3 Å². The molecule has 0 saturated carbocycles. The molecule has 0 aromatic carbocycles. The van der Waals surface area contributed by atoms with Gasteiger partial charge in [-0.3, -0.25) is 4.52 Å². The average molecular weight is 264 g/mol. The van der Waals surface area contributed by atoms with Crippen LogP contribution in [0.3, 0.4) is 0 Å². The van der Waals surface area contributed by atoms with E-state index in [9.17, 15) is 0 Å².